The van der Waals surface area contributed by atoms with Gasteiger partial charge in [-0.1, -0.05) is 42.2 Å². The molecule has 0 aliphatic rings. The summed E-state index contributed by atoms with van der Waals surface area (Å²) in [5.74, 6) is 5.67. The SMILES string of the molecule is CC(=O)c1sccc1C#CCNC(=O)OCc1ccccc1. The van der Waals surface area contributed by atoms with Gasteiger partial charge < -0.3 is 10.1 Å². The number of carbonyl (C=O) groups excluding carboxylic acids is 2. The van der Waals surface area contributed by atoms with Gasteiger partial charge in [-0.25, -0.2) is 4.79 Å². The highest BCUT2D eigenvalue weighted by molar-refractivity contribution is 7.12. The number of benzene rings is 1. The van der Waals surface area contributed by atoms with Gasteiger partial charge in [-0.3, -0.25) is 4.79 Å². The molecule has 1 heterocycles. The first-order valence-electron chi connectivity index (χ1n) is 6.68. The molecule has 0 bridgehead atoms. The quantitative estimate of drug-likeness (QED) is 0.696. The number of ketones is 1. The van der Waals surface area contributed by atoms with Crippen molar-refractivity contribution in [2.75, 3.05) is 6.54 Å². The van der Waals surface area contributed by atoms with Crippen molar-refractivity contribution in [2.24, 2.45) is 0 Å². The maximum absolute atomic E-state index is 11.5. The van der Waals surface area contributed by atoms with Crippen LogP contribution in [0, 0.1) is 11.8 Å². The average molecular weight is 313 g/mol. The zero-order chi connectivity index (χ0) is 15.8. The number of ether oxygens (including phenoxy) is 1. The molecule has 1 amide bonds. The Balaban J connectivity index is 1.77. The summed E-state index contributed by atoms with van der Waals surface area (Å²) in [6, 6.07) is 11.2. The van der Waals surface area contributed by atoms with Crippen LogP contribution in [0.5, 0.6) is 0 Å². The Kier molecular flexibility index (Phi) is 5.75. The molecule has 0 aliphatic heterocycles. The normalized spacial score (nSPS) is 9.50. The molecule has 2 aromatic rings. The molecule has 0 saturated carbocycles. The first-order chi connectivity index (χ1) is 10.7. The molecule has 0 atom stereocenters. The lowest BCUT2D eigenvalue weighted by atomic mass is 10.2. The Bertz CT molecular complexity index is 710. The van der Waals surface area contributed by atoms with Crippen LogP contribution >= 0.6 is 11.3 Å². The van der Waals surface area contributed by atoms with E-state index in [1.54, 1.807) is 6.07 Å². The Labute approximate surface area is 133 Å². The van der Waals surface area contributed by atoms with Gasteiger partial charge in [0.1, 0.15) is 6.61 Å². The number of Topliss-reactive ketones (excluding diaryl/α,β-unsaturated/α-hetero) is 1. The summed E-state index contributed by atoms with van der Waals surface area (Å²) in [4.78, 5) is 23.5. The lowest BCUT2D eigenvalue weighted by Crippen LogP contribution is -2.24. The van der Waals surface area contributed by atoms with Crippen LogP contribution in [-0.2, 0) is 11.3 Å². The molecule has 1 N–H and O–H groups in total. The van der Waals surface area contributed by atoms with Crippen LogP contribution in [0.3, 0.4) is 0 Å². The molecule has 0 saturated heterocycles. The van der Waals surface area contributed by atoms with E-state index in [-0.39, 0.29) is 18.9 Å². The number of amides is 1. The van der Waals surface area contributed by atoms with Crippen LogP contribution in [0.4, 0.5) is 4.79 Å². The van der Waals surface area contributed by atoms with E-state index < -0.39 is 6.09 Å². The second-order valence-corrected chi connectivity index (χ2v) is 5.35. The monoisotopic (exact) mass is 313 g/mol. The highest BCUT2D eigenvalue weighted by atomic mass is 32.1. The fourth-order valence-corrected chi connectivity index (χ4v) is 2.46. The van der Waals surface area contributed by atoms with Crippen LogP contribution in [0.15, 0.2) is 41.8 Å². The minimum absolute atomic E-state index is 0.00506. The van der Waals surface area contributed by atoms with Crippen molar-refractivity contribution >= 4 is 23.2 Å². The lowest BCUT2D eigenvalue weighted by Gasteiger charge is -2.04. The maximum Gasteiger partial charge on any atom is 0.408 e. The van der Waals surface area contributed by atoms with Crippen molar-refractivity contribution in [3.63, 3.8) is 0 Å². The van der Waals surface area contributed by atoms with E-state index in [0.29, 0.717) is 10.4 Å². The Morgan fingerprint density at radius 3 is 2.73 bits per heavy atom. The molecule has 0 fully saturated rings. The summed E-state index contributed by atoms with van der Waals surface area (Å²) in [5.41, 5.74) is 1.62. The summed E-state index contributed by atoms with van der Waals surface area (Å²) in [6.07, 6.45) is -0.518. The van der Waals surface area contributed by atoms with Crippen LogP contribution in [-0.4, -0.2) is 18.4 Å². The van der Waals surface area contributed by atoms with E-state index in [1.165, 1.54) is 18.3 Å². The van der Waals surface area contributed by atoms with E-state index in [2.05, 4.69) is 17.2 Å². The van der Waals surface area contributed by atoms with Crippen LogP contribution < -0.4 is 5.32 Å². The minimum Gasteiger partial charge on any atom is -0.445 e. The summed E-state index contributed by atoms with van der Waals surface area (Å²) in [5, 5.41) is 4.37. The molecule has 1 aromatic heterocycles. The zero-order valence-electron chi connectivity index (χ0n) is 12.1. The topological polar surface area (TPSA) is 55.4 Å². The molecule has 5 heteroatoms. The van der Waals surface area contributed by atoms with Crippen LogP contribution in [0.25, 0.3) is 0 Å². The maximum atomic E-state index is 11.5. The summed E-state index contributed by atoms with van der Waals surface area (Å²) < 4.78 is 5.06. The highest BCUT2D eigenvalue weighted by Gasteiger charge is 2.06. The smallest absolute Gasteiger partial charge is 0.408 e. The van der Waals surface area contributed by atoms with E-state index in [4.69, 9.17) is 4.74 Å². The number of rotatable bonds is 4. The molecule has 22 heavy (non-hydrogen) atoms. The number of nitrogens with one attached hydrogen (secondary N) is 1. The highest BCUT2D eigenvalue weighted by Crippen LogP contribution is 2.15. The van der Waals surface area contributed by atoms with Crippen molar-refractivity contribution in [1.29, 1.82) is 0 Å². The largest absolute Gasteiger partial charge is 0.445 e. The van der Waals surface area contributed by atoms with E-state index in [9.17, 15) is 9.59 Å². The van der Waals surface area contributed by atoms with Gasteiger partial charge in [0.25, 0.3) is 0 Å². The van der Waals surface area contributed by atoms with Crippen LogP contribution in [0.1, 0.15) is 27.7 Å². The number of thiophene rings is 1. The van der Waals surface area contributed by atoms with Gasteiger partial charge in [0, 0.05) is 5.56 Å². The van der Waals surface area contributed by atoms with Crippen molar-refractivity contribution in [3.8, 4) is 11.8 Å². The second kappa shape index (κ2) is 8.01. The molecule has 0 spiro atoms. The number of hydrogen-bond acceptors (Lipinski definition) is 4. The fraction of sp³-hybridized carbons (Fsp3) is 0.176. The third-order valence-electron chi connectivity index (χ3n) is 2.74. The number of hydrogen-bond donors (Lipinski definition) is 1. The third-order valence-corrected chi connectivity index (χ3v) is 3.76. The molecule has 0 aliphatic carbocycles. The van der Waals surface area contributed by atoms with Gasteiger partial charge >= 0.3 is 6.09 Å². The average Bonchev–Trinajstić information content (AvgIpc) is 2.99. The molecule has 0 unspecified atom stereocenters. The molecule has 0 radical (unpaired) electrons. The van der Waals surface area contributed by atoms with E-state index in [0.717, 1.165) is 5.56 Å². The van der Waals surface area contributed by atoms with Crippen molar-refractivity contribution < 1.29 is 14.3 Å². The number of carbonyl (C=O) groups is 2. The predicted octanol–water partition coefficient (Wildman–Crippen LogP) is 3.23. The van der Waals surface area contributed by atoms with Crippen molar-refractivity contribution in [2.45, 2.75) is 13.5 Å². The molecular formula is C17H15NO3S. The molecule has 1 aromatic carbocycles. The van der Waals surface area contributed by atoms with E-state index in [1.807, 2.05) is 35.7 Å². The van der Waals surface area contributed by atoms with Crippen molar-refractivity contribution in [3.05, 3.63) is 57.8 Å². The molecule has 4 nitrogen and oxygen atoms in total. The summed E-state index contributed by atoms with van der Waals surface area (Å²) in [6.45, 7) is 1.90. The standard InChI is InChI=1S/C17H15NO3S/c1-13(19)16-15(9-11-22-16)8-5-10-18-17(20)21-12-14-6-3-2-4-7-14/h2-4,6-7,9,11H,10,12H2,1H3,(H,18,20). The first-order valence-corrected chi connectivity index (χ1v) is 7.56. The summed E-state index contributed by atoms with van der Waals surface area (Å²) >= 11 is 1.36. The van der Waals surface area contributed by atoms with Gasteiger partial charge in [0.15, 0.2) is 5.78 Å². The predicted molar refractivity (Wildman–Crippen MR) is 85.8 cm³/mol. The lowest BCUT2D eigenvalue weighted by molar-refractivity contribution is 0.102. The van der Waals surface area contributed by atoms with Gasteiger partial charge in [-0.15, -0.1) is 11.3 Å². The fourth-order valence-electron chi connectivity index (χ4n) is 1.71. The third kappa shape index (κ3) is 4.76. The van der Waals surface area contributed by atoms with E-state index >= 15 is 0 Å². The Morgan fingerprint density at radius 1 is 1.23 bits per heavy atom. The Morgan fingerprint density at radius 2 is 2.00 bits per heavy atom. The van der Waals surface area contributed by atoms with Gasteiger partial charge in [-0.05, 0) is 23.9 Å². The zero-order valence-corrected chi connectivity index (χ0v) is 12.9. The molecule has 112 valence electrons. The van der Waals surface area contributed by atoms with Crippen LogP contribution in [0.2, 0.25) is 0 Å². The Hall–Kier alpha value is -2.58. The number of alkyl carbamates (subject to hydrolysis) is 1. The van der Waals surface area contributed by atoms with Crippen molar-refractivity contribution in [1.82, 2.24) is 5.32 Å². The first kappa shape index (κ1) is 15.8. The van der Waals surface area contributed by atoms with Gasteiger partial charge in [0.2, 0.25) is 0 Å². The minimum atomic E-state index is -0.518. The summed E-state index contributed by atoms with van der Waals surface area (Å²) in [7, 11) is 0. The molecule has 2 rings (SSSR count). The van der Waals surface area contributed by atoms with Gasteiger partial charge in [0.05, 0.1) is 11.4 Å². The van der Waals surface area contributed by atoms with Gasteiger partial charge in [-0.2, -0.15) is 0 Å². The second-order valence-electron chi connectivity index (χ2n) is 4.44. The molecular weight excluding hydrogens is 298 g/mol.